The molecule has 0 amide bonds. The van der Waals surface area contributed by atoms with Gasteiger partial charge in [-0.15, -0.1) is 11.6 Å². The van der Waals surface area contributed by atoms with Crippen molar-refractivity contribution in [1.29, 1.82) is 0 Å². The molecule has 0 saturated carbocycles. The third kappa shape index (κ3) is 3.15. The molecule has 7 aromatic rings. The fourth-order valence-electron chi connectivity index (χ4n) is 6.31. The van der Waals surface area contributed by atoms with Gasteiger partial charge in [0.05, 0.1) is 5.03 Å². The molecular formula is C30H8Br6Cl2O. The van der Waals surface area contributed by atoms with E-state index in [0.717, 1.165) is 81.8 Å². The van der Waals surface area contributed by atoms with E-state index in [2.05, 4.69) is 132 Å². The summed E-state index contributed by atoms with van der Waals surface area (Å²) in [6.07, 6.45) is 0. The molecule has 0 spiro atoms. The van der Waals surface area contributed by atoms with Crippen LogP contribution in [0.25, 0.3) is 69.1 Å². The van der Waals surface area contributed by atoms with Gasteiger partial charge in [0.2, 0.25) is 0 Å². The zero-order valence-electron chi connectivity index (χ0n) is 19.1. The van der Waals surface area contributed by atoms with Crippen LogP contribution in [-0.2, 0) is 0 Å². The standard InChI is InChI=1S/C30H8Br6Cl2O/c31-13-3-1-2-10-11-6-8-4-5-9-7-12-18(27(36)28(37)29(38)30(12)39)20-15(9)14(8)19-17(11)21(23(32)16(10)13)25(34)26(35)22(19)24(20)33/h1-7,29H. The van der Waals surface area contributed by atoms with Crippen LogP contribution in [0, 0.1) is 0 Å². The number of Topliss-reactive ketones (excluding diaryl/α,β-unsaturated/α-hetero) is 1. The molecule has 1 atom stereocenters. The number of carbonyl (C=O) groups excluding carboxylic acids is 1. The molecule has 8 rings (SSSR count). The van der Waals surface area contributed by atoms with E-state index < -0.39 is 5.38 Å². The molecule has 0 N–H and O–H groups in total. The predicted molar refractivity (Wildman–Crippen MR) is 188 cm³/mol. The quantitative estimate of drug-likeness (QED) is 0.0841. The number of halogens is 8. The number of hydrogen-bond donors (Lipinski definition) is 0. The van der Waals surface area contributed by atoms with E-state index in [1.165, 1.54) is 10.8 Å². The van der Waals surface area contributed by atoms with E-state index in [9.17, 15) is 4.79 Å². The molecule has 39 heavy (non-hydrogen) atoms. The van der Waals surface area contributed by atoms with Crippen molar-refractivity contribution in [2.45, 2.75) is 5.38 Å². The number of hydrogen-bond acceptors (Lipinski definition) is 1. The van der Waals surface area contributed by atoms with Gasteiger partial charge in [0.15, 0.2) is 5.78 Å². The highest BCUT2D eigenvalue weighted by Crippen LogP contribution is 2.57. The Morgan fingerprint density at radius 3 is 1.95 bits per heavy atom. The Hall–Kier alpha value is -0.510. The molecule has 0 heterocycles. The molecule has 9 heteroatoms. The third-order valence-corrected chi connectivity index (χ3v) is 14.2. The van der Waals surface area contributed by atoms with Crippen molar-refractivity contribution >= 4 is 194 Å². The van der Waals surface area contributed by atoms with Crippen LogP contribution < -0.4 is 0 Å². The lowest BCUT2D eigenvalue weighted by Gasteiger charge is -2.27. The Bertz CT molecular complexity index is 2340. The summed E-state index contributed by atoms with van der Waals surface area (Å²) < 4.78 is 5.45. The number of ketones is 1. The van der Waals surface area contributed by atoms with Crippen molar-refractivity contribution in [2.75, 3.05) is 0 Å². The number of rotatable bonds is 0. The van der Waals surface area contributed by atoms with Crippen molar-refractivity contribution in [1.82, 2.24) is 0 Å². The predicted octanol–water partition coefficient (Wildman–Crippen LogP) is 13.4. The molecule has 0 bridgehead atoms. The van der Waals surface area contributed by atoms with Crippen LogP contribution >= 0.6 is 119 Å². The van der Waals surface area contributed by atoms with Crippen LogP contribution in [0.2, 0.25) is 0 Å². The van der Waals surface area contributed by atoms with Crippen LogP contribution in [-0.4, -0.2) is 11.2 Å². The van der Waals surface area contributed by atoms with Gasteiger partial charge in [-0.05, 0) is 130 Å². The molecule has 0 radical (unpaired) electrons. The minimum Gasteiger partial charge on any atom is -0.292 e. The highest BCUT2D eigenvalue weighted by Gasteiger charge is 2.35. The lowest BCUT2D eigenvalue weighted by Crippen LogP contribution is -2.21. The third-order valence-electron chi connectivity index (χ3n) is 7.87. The monoisotopic (exact) mass is 928 g/mol. The number of allylic oxidation sites excluding steroid dienone is 1. The van der Waals surface area contributed by atoms with Crippen LogP contribution in [0.15, 0.2) is 69.9 Å². The van der Waals surface area contributed by atoms with Gasteiger partial charge in [0.1, 0.15) is 5.38 Å². The molecular weight excluding hydrogens is 927 g/mol. The van der Waals surface area contributed by atoms with Gasteiger partial charge in [0, 0.05) is 70.3 Å². The lowest BCUT2D eigenvalue weighted by atomic mass is 9.82. The summed E-state index contributed by atoms with van der Waals surface area (Å²) in [6, 6.07) is 14.8. The zero-order valence-corrected chi connectivity index (χ0v) is 30.1. The lowest BCUT2D eigenvalue weighted by molar-refractivity contribution is 0.0997. The SMILES string of the molecule is O=C1c2cc3ccc4cc5c6cccc(Br)c6c(Br)c6c(Br)c(Br)c7c(Br)c(c2C(Br)=C(Cl)C1Cl)c3c4c7c65. The van der Waals surface area contributed by atoms with Gasteiger partial charge < -0.3 is 0 Å². The molecule has 0 aliphatic heterocycles. The Kier molecular flexibility index (Phi) is 5.87. The molecule has 0 saturated heterocycles. The average molecular weight is 935 g/mol. The highest BCUT2D eigenvalue weighted by molar-refractivity contribution is 9.15. The molecule has 0 aromatic heterocycles. The second-order valence-corrected chi connectivity index (χ2v) is 15.3. The van der Waals surface area contributed by atoms with Gasteiger partial charge in [-0.3, -0.25) is 4.79 Å². The normalized spacial score (nSPS) is 16.4. The molecule has 1 aliphatic carbocycles. The minimum atomic E-state index is -0.920. The molecule has 190 valence electrons. The molecule has 1 nitrogen and oxygen atoms in total. The van der Waals surface area contributed by atoms with Gasteiger partial charge in [-0.2, -0.15) is 0 Å². The maximum atomic E-state index is 13.4. The first-order chi connectivity index (χ1) is 18.6. The molecule has 7 aromatic carbocycles. The zero-order chi connectivity index (χ0) is 27.2. The number of carbonyl (C=O) groups is 1. The summed E-state index contributed by atoms with van der Waals surface area (Å²) in [6.45, 7) is 0. The molecule has 1 unspecified atom stereocenters. The smallest absolute Gasteiger partial charge is 0.186 e. The summed E-state index contributed by atoms with van der Waals surface area (Å²) in [7, 11) is 0. The van der Waals surface area contributed by atoms with Crippen LogP contribution in [0.4, 0.5) is 0 Å². The summed E-state index contributed by atoms with van der Waals surface area (Å²) in [5.41, 5.74) is 1.32. The van der Waals surface area contributed by atoms with E-state index >= 15 is 0 Å². The first-order valence-corrected chi connectivity index (χ1v) is 17.2. The van der Waals surface area contributed by atoms with E-state index in [1.54, 1.807) is 0 Å². The largest absolute Gasteiger partial charge is 0.292 e. The first kappa shape index (κ1) is 26.1. The van der Waals surface area contributed by atoms with Crippen LogP contribution in [0.3, 0.4) is 0 Å². The van der Waals surface area contributed by atoms with Crippen LogP contribution in [0.1, 0.15) is 15.9 Å². The summed E-state index contributed by atoms with van der Waals surface area (Å²) in [5, 5.41) is 12.5. The Morgan fingerprint density at radius 1 is 0.615 bits per heavy atom. The van der Waals surface area contributed by atoms with E-state index in [0.29, 0.717) is 15.1 Å². The number of alkyl halides is 1. The second-order valence-electron chi connectivity index (χ2n) is 9.67. The van der Waals surface area contributed by atoms with Crippen molar-refractivity contribution in [3.63, 3.8) is 0 Å². The highest BCUT2D eigenvalue weighted by atomic mass is 79.9. The van der Waals surface area contributed by atoms with Gasteiger partial charge in [-0.25, -0.2) is 0 Å². The Morgan fingerprint density at radius 2 is 1.23 bits per heavy atom. The summed E-state index contributed by atoms with van der Waals surface area (Å²) in [5.74, 6) is -0.199. The average Bonchev–Trinajstić information content (AvgIpc) is 2.92. The van der Waals surface area contributed by atoms with Gasteiger partial charge >= 0.3 is 0 Å². The van der Waals surface area contributed by atoms with Crippen LogP contribution in [0.5, 0.6) is 0 Å². The van der Waals surface area contributed by atoms with Gasteiger partial charge in [0.25, 0.3) is 0 Å². The van der Waals surface area contributed by atoms with E-state index in [4.69, 9.17) is 23.2 Å². The van der Waals surface area contributed by atoms with Crippen molar-refractivity contribution in [2.24, 2.45) is 0 Å². The molecule has 1 aliphatic rings. The fraction of sp³-hybridized carbons (Fsp3) is 0.0333. The van der Waals surface area contributed by atoms with Crippen molar-refractivity contribution < 1.29 is 4.79 Å². The van der Waals surface area contributed by atoms with E-state index in [1.807, 2.05) is 6.07 Å². The fourth-order valence-corrected chi connectivity index (χ4v) is 11.7. The first-order valence-electron chi connectivity index (χ1n) is 11.6. The minimum absolute atomic E-state index is 0.199. The topological polar surface area (TPSA) is 17.1 Å². The Labute approximate surface area is 281 Å². The maximum absolute atomic E-state index is 13.4. The van der Waals surface area contributed by atoms with Crippen molar-refractivity contribution in [3.8, 4) is 0 Å². The van der Waals surface area contributed by atoms with E-state index in [-0.39, 0.29) is 5.78 Å². The van der Waals surface area contributed by atoms with Gasteiger partial charge in [-0.1, -0.05) is 51.8 Å². The second kappa shape index (κ2) is 8.76. The maximum Gasteiger partial charge on any atom is 0.186 e. The summed E-state index contributed by atoms with van der Waals surface area (Å²) in [4.78, 5) is 13.4. The summed E-state index contributed by atoms with van der Waals surface area (Å²) >= 11 is 36.4. The number of fused-ring (bicyclic) bond motifs is 4. The number of benzene rings is 7. The van der Waals surface area contributed by atoms with Crippen molar-refractivity contribution in [3.05, 3.63) is 81.0 Å². The molecule has 0 fully saturated rings. The Balaban J connectivity index is 1.77.